The maximum absolute atomic E-state index is 11.1. The summed E-state index contributed by atoms with van der Waals surface area (Å²) in [6, 6.07) is 8.58. The summed E-state index contributed by atoms with van der Waals surface area (Å²) in [6.45, 7) is 2.38. The molecule has 0 fully saturated rings. The first-order chi connectivity index (χ1) is 9.15. The van der Waals surface area contributed by atoms with E-state index in [1.807, 2.05) is 12.1 Å². The molecule has 1 aromatic heterocycles. The third-order valence-corrected chi connectivity index (χ3v) is 2.88. The van der Waals surface area contributed by atoms with Gasteiger partial charge in [0.1, 0.15) is 11.3 Å². The summed E-state index contributed by atoms with van der Waals surface area (Å²) in [5, 5.41) is 10.0. The number of aliphatic hydroxyl groups is 1. The van der Waals surface area contributed by atoms with Crippen molar-refractivity contribution in [2.75, 3.05) is 6.61 Å². The predicted molar refractivity (Wildman–Crippen MR) is 73.5 cm³/mol. The molecule has 0 aliphatic heterocycles. The van der Waals surface area contributed by atoms with E-state index in [0.29, 0.717) is 17.9 Å². The van der Waals surface area contributed by atoms with E-state index in [0.717, 1.165) is 24.6 Å². The van der Waals surface area contributed by atoms with Gasteiger partial charge in [0.05, 0.1) is 12.7 Å². The second kappa shape index (κ2) is 6.38. The van der Waals surface area contributed by atoms with Crippen molar-refractivity contribution in [2.45, 2.75) is 32.3 Å². The van der Waals surface area contributed by atoms with E-state index < -0.39 is 0 Å². The smallest absolute Gasteiger partial charge is 0.336 e. The standard InChI is InChI=1S/C15H18O4/c1-11(16)4-2-3-9-18-13-7-5-12-6-8-15(17)19-14(12)10-13/h5-8,10-11,16H,2-4,9H2,1H3. The Labute approximate surface area is 111 Å². The van der Waals surface area contributed by atoms with Crippen LogP contribution >= 0.6 is 0 Å². The Hall–Kier alpha value is -1.81. The highest BCUT2D eigenvalue weighted by Gasteiger charge is 2.01. The molecular weight excluding hydrogens is 244 g/mol. The molecule has 0 saturated heterocycles. The highest BCUT2D eigenvalue weighted by molar-refractivity contribution is 5.77. The van der Waals surface area contributed by atoms with Crippen LogP contribution in [0.1, 0.15) is 26.2 Å². The Morgan fingerprint density at radius 2 is 2.05 bits per heavy atom. The van der Waals surface area contributed by atoms with Crippen molar-refractivity contribution in [2.24, 2.45) is 0 Å². The van der Waals surface area contributed by atoms with Gasteiger partial charge in [-0.25, -0.2) is 4.79 Å². The van der Waals surface area contributed by atoms with Crippen LogP contribution < -0.4 is 10.4 Å². The summed E-state index contributed by atoms with van der Waals surface area (Å²) in [5.41, 5.74) is 0.176. The highest BCUT2D eigenvalue weighted by atomic mass is 16.5. The quantitative estimate of drug-likeness (QED) is 0.642. The molecule has 4 nitrogen and oxygen atoms in total. The van der Waals surface area contributed by atoms with E-state index >= 15 is 0 Å². The number of unbranched alkanes of at least 4 members (excludes halogenated alkanes) is 1. The van der Waals surface area contributed by atoms with Crippen molar-refractivity contribution in [3.8, 4) is 5.75 Å². The summed E-state index contributed by atoms with van der Waals surface area (Å²) >= 11 is 0. The van der Waals surface area contributed by atoms with Crippen LogP contribution in [-0.2, 0) is 0 Å². The minimum Gasteiger partial charge on any atom is -0.493 e. The Morgan fingerprint density at radius 3 is 2.84 bits per heavy atom. The molecule has 1 atom stereocenters. The molecule has 0 bridgehead atoms. The third kappa shape index (κ3) is 4.10. The highest BCUT2D eigenvalue weighted by Crippen LogP contribution is 2.19. The molecule has 0 radical (unpaired) electrons. The van der Waals surface area contributed by atoms with E-state index in [2.05, 4.69) is 0 Å². The van der Waals surface area contributed by atoms with E-state index in [9.17, 15) is 4.79 Å². The lowest BCUT2D eigenvalue weighted by atomic mass is 10.2. The van der Waals surface area contributed by atoms with E-state index in [4.69, 9.17) is 14.3 Å². The maximum Gasteiger partial charge on any atom is 0.336 e. The number of aliphatic hydroxyl groups excluding tert-OH is 1. The molecule has 1 N–H and O–H groups in total. The number of benzene rings is 1. The number of hydrogen-bond acceptors (Lipinski definition) is 4. The number of ether oxygens (including phenoxy) is 1. The second-order valence-electron chi connectivity index (χ2n) is 4.65. The predicted octanol–water partition coefficient (Wildman–Crippen LogP) is 2.72. The molecule has 2 rings (SSSR count). The molecule has 19 heavy (non-hydrogen) atoms. The fourth-order valence-electron chi connectivity index (χ4n) is 1.86. The van der Waals surface area contributed by atoms with Crippen LogP contribution in [0.4, 0.5) is 0 Å². The molecule has 1 unspecified atom stereocenters. The Balaban J connectivity index is 1.92. The monoisotopic (exact) mass is 262 g/mol. The molecule has 0 saturated carbocycles. The van der Waals surface area contributed by atoms with Gasteiger partial charge in [-0.1, -0.05) is 0 Å². The van der Waals surface area contributed by atoms with E-state index in [-0.39, 0.29) is 11.7 Å². The molecule has 0 spiro atoms. The average molecular weight is 262 g/mol. The van der Waals surface area contributed by atoms with Gasteiger partial charge in [-0.2, -0.15) is 0 Å². The van der Waals surface area contributed by atoms with Gasteiger partial charge in [0.25, 0.3) is 0 Å². The summed E-state index contributed by atoms with van der Waals surface area (Å²) < 4.78 is 10.7. The maximum atomic E-state index is 11.1. The molecule has 1 aromatic carbocycles. The first-order valence-electron chi connectivity index (χ1n) is 6.50. The lowest BCUT2D eigenvalue weighted by molar-refractivity contribution is 0.177. The van der Waals surface area contributed by atoms with Crippen molar-refractivity contribution in [1.29, 1.82) is 0 Å². The van der Waals surface area contributed by atoms with Crippen molar-refractivity contribution in [1.82, 2.24) is 0 Å². The van der Waals surface area contributed by atoms with Gasteiger partial charge in [0, 0.05) is 17.5 Å². The zero-order valence-corrected chi connectivity index (χ0v) is 11.0. The zero-order chi connectivity index (χ0) is 13.7. The Morgan fingerprint density at radius 1 is 1.26 bits per heavy atom. The average Bonchev–Trinajstić information content (AvgIpc) is 2.37. The SMILES string of the molecule is CC(O)CCCCOc1ccc2ccc(=O)oc2c1. The van der Waals surface area contributed by atoms with Crippen LogP contribution in [0.3, 0.4) is 0 Å². The molecule has 0 aliphatic carbocycles. The molecule has 2 aromatic rings. The molecule has 102 valence electrons. The zero-order valence-electron chi connectivity index (χ0n) is 11.0. The third-order valence-electron chi connectivity index (χ3n) is 2.88. The Kier molecular flexibility index (Phi) is 4.58. The first kappa shape index (κ1) is 13.6. The van der Waals surface area contributed by atoms with Crippen LogP contribution in [0.2, 0.25) is 0 Å². The van der Waals surface area contributed by atoms with Gasteiger partial charge in [-0.3, -0.25) is 0 Å². The van der Waals surface area contributed by atoms with Crippen LogP contribution in [0, 0.1) is 0 Å². The van der Waals surface area contributed by atoms with E-state index in [1.165, 1.54) is 6.07 Å². The molecule has 4 heteroatoms. The first-order valence-corrected chi connectivity index (χ1v) is 6.50. The van der Waals surface area contributed by atoms with Crippen molar-refractivity contribution < 1.29 is 14.3 Å². The largest absolute Gasteiger partial charge is 0.493 e. The van der Waals surface area contributed by atoms with Gasteiger partial charge in [0.15, 0.2) is 0 Å². The molecule has 0 aliphatic rings. The fourth-order valence-corrected chi connectivity index (χ4v) is 1.86. The van der Waals surface area contributed by atoms with Gasteiger partial charge in [0.2, 0.25) is 0 Å². The van der Waals surface area contributed by atoms with Gasteiger partial charge < -0.3 is 14.3 Å². The van der Waals surface area contributed by atoms with Gasteiger partial charge in [-0.15, -0.1) is 0 Å². The summed E-state index contributed by atoms with van der Waals surface area (Å²) in [7, 11) is 0. The number of fused-ring (bicyclic) bond motifs is 1. The summed E-state index contributed by atoms with van der Waals surface area (Å²) in [4.78, 5) is 11.1. The lowest BCUT2D eigenvalue weighted by Crippen LogP contribution is -2.02. The Bertz CT molecular complexity index is 586. The molecule has 0 amide bonds. The molecule has 1 heterocycles. The summed E-state index contributed by atoms with van der Waals surface area (Å²) in [6.07, 6.45) is 2.35. The second-order valence-corrected chi connectivity index (χ2v) is 4.65. The lowest BCUT2D eigenvalue weighted by Gasteiger charge is -2.07. The van der Waals surface area contributed by atoms with Gasteiger partial charge in [-0.05, 0) is 44.4 Å². The minimum atomic E-state index is -0.360. The topological polar surface area (TPSA) is 59.7 Å². The van der Waals surface area contributed by atoms with Gasteiger partial charge >= 0.3 is 5.63 Å². The number of hydrogen-bond donors (Lipinski definition) is 1. The fraction of sp³-hybridized carbons (Fsp3) is 0.400. The normalized spacial score (nSPS) is 12.5. The summed E-state index contributed by atoms with van der Waals surface area (Å²) in [5.74, 6) is 0.693. The van der Waals surface area contributed by atoms with Crippen LogP contribution in [-0.4, -0.2) is 17.8 Å². The van der Waals surface area contributed by atoms with Crippen molar-refractivity contribution in [3.05, 3.63) is 40.8 Å². The van der Waals surface area contributed by atoms with Crippen molar-refractivity contribution in [3.63, 3.8) is 0 Å². The molecular formula is C15H18O4. The van der Waals surface area contributed by atoms with Crippen LogP contribution in [0.15, 0.2) is 39.5 Å². The van der Waals surface area contributed by atoms with Crippen LogP contribution in [0.25, 0.3) is 11.0 Å². The van der Waals surface area contributed by atoms with Crippen LogP contribution in [0.5, 0.6) is 5.75 Å². The minimum absolute atomic E-state index is 0.255. The van der Waals surface area contributed by atoms with E-state index in [1.54, 1.807) is 19.1 Å². The number of rotatable bonds is 6. The van der Waals surface area contributed by atoms with Crippen molar-refractivity contribution >= 4 is 11.0 Å².